The molecule has 1 heterocycles. The summed E-state index contributed by atoms with van der Waals surface area (Å²) in [4.78, 5) is 28.6. The summed E-state index contributed by atoms with van der Waals surface area (Å²) in [6.07, 6.45) is 0.116. The van der Waals surface area contributed by atoms with E-state index < -0.39 is 11.8 Å². The topological polar surface area (TPSA) is 94.5 Å². The van der Waals surface area contributed by atoms with Crippen LogP contribution in [0.2, 0.25) is 0 Å². The van der Waals surface area contributed by atoms with Crippen LogP contribution in [0.15, 0.2) is 66.2 Å². The molecule has 3 aromatic carbocycles. The van der Waals surface area contributed by atoms with Crippen molar-refractivity contribution in [2.24, 2.45) is 0 Å². The third kappa shape index (κ3) is 6.57. The second kappa shape index (κ2) is 13.0. The quantitative estimate of drug-likeness (QED) is 0.240. The van der Waals surface area contributed by atoms with Crippen LogP contribution < -0.4 is 18.9 Å². The normalized spacial score (nSPS) is 12.4. The van der Waals surface area contributed by atoms with Crippen LogP contribution in [0.5, 0.6) is 23.0 Å². The predicted octanol–water partition coefficient (Wildman–Crippen LogP) is 4.08. The van der Waals surface area contributed by atoms with E-state index in [4.69, 9.17) is 18.9 Å². The van der Waals surface area contributed by atoms with E-state index in [-0.39, 0.29) is 59.5 Å². The number of hydrogen-bond donors (Lipinski definition) is 1. The fourth-order valence-corrected chi connectivity index (χ4v) is 4.31. The zero-order chi connectivity index (χ0) is 26.5. The summed E-state index contributed by atoms with van der Waals surface area (Å²) in [5, 5.41) is 10.4. The minimum atomic E-state index is -1.23. The van der Waals surface area contributed by atoms with Gasteiger partial charge in [0.15, 0.2) is 17.3 Å². The summed E-state index contributed by atoms with van der Waals surface area (Å²) in [6, 6.07) is 17.5. The number of nitrogens with zero attached hydrogens (tertiary/aromatic N) is 1. The number of rotatable bonds is 10. The maximum Gasteiger partial charge on any atom is 0.336 e. The molecule has 9 heteroatoms. The molecule has 0 aromatic heterocycles. The first-order chi connectivity index (χ1) is 17.8. The van der Waals surface area contributed by atoms with Crippen LogP contribution in [0.3, 0.4) is 0 Å². The average molecular weight is 527 g/mol. The van der Waals surface area contributed by atoms with Crippen molar-refractivity contribution in [3.63, 3.8) is 0 Å². The first kappa shape index (κ1) is 29.3. The van der Waals surface area contributed by atoms with Crippen molar-refractivity contribution in [1.29, 1.82) is 0 Å². The number of fused-ring (bicyclic) bond motifs is 1. The number of Topliss-reactive ketones (excluding diaryl/α,β-unsaturated/α-hetero) is 1. The number of carboxylic acid groups (broad SMARTS) is 1. The van der Waals surface area contributed by atoms with Crippen molar-refractivity contribution in [3.05, 3.63) is 88.5 Å². The van der Waals surface area contributed by atoms with E-state index in [0.717, 1.165) is 11.1 Å². The van der Waals surface area contributed by atoms with Crippen LogP contribution in [0.4, 0.5) is 0 Å². The number of carboxylic acids is 1. The van der Waals surface area contributed by atoms with Crippen molar-refractivity contribution < 1.29 is 33.6 Å². The Bertz CT molecular complexity index is 1350. The Balaban J connectivity index is 0.00000400. The molecule has 0 spiro atoms. The van der Waals surface area contributed by atoms with Gasteiger partial charge in [0.05, 0.1) is 19.8 Å². The second-order valence-electron chi connectivity index (χ2n) is 8.86. The predicted molar refractivity (Wildman–Crippen MR) is 144 cm³/mol. The van der Waals surface area contributed by atoms with Gasteiger partial charge in [-0.2, -0.15) is 0 Å². The molecule has 0 aliphatic carbocycles. The average Bonchev–Trinajstić information content (AvgIpc) is 3.36. The van der Waals surface area contributed by atoms with Crippen LogP contribution in [0, 0.1) is 0 Å². The molecule has 0 atom stereocenters. The molecule has 4 rings (SSSR count). The van der Waals surface area contributed by atoms with Gasteiger partial charge in [0.1, 0.15) is 5.75 Å². The van der Waals surface area contributed by atoms with Crippen LogP contribution in [0.1, 0.15) is 27.0 Å². The van der Waals surface area contributed by atoms with Gasteiger partial charge in [-0.15, -0.1) is 0 Å². The van der Waals surface area contributed by atoms with Gasteiger partial charge in [-0.1, -0.05) is 24.3 Å². The molecular formula is C29H29NNaO7. The van der Waals surface area contributed by atoms with Gasteiger partial charge in [0.25, 0.3) is 0 Å². The van der Waals surface area contributed by atoms with Gasteiger partial charge in [0, 0.05) is 53.7 Å². The molecule has 1 aliphatic rings. The van der Waals surface area contributed by atoms with Crippen LogP contribution >= 0.6 is 0 Å². The summed E-state index contributed by atoms with van der Waals surface area (Å²) >= 11 is 0. The second-order valence-corrected chi connectivity index (χ2v) is 8.86. The smallest absolute Gasteiger partial charge is 0.336 e. The van der Waals surface area contributed by atoms with E-state index in [0.29, 0.717) is 35.1 Å². The monoisotopic (exact) mass is 526 g/mol. The van der Waals surface area contributed by atoms with Crippen LogP contribution in [0.25, 0.3) is 5.57 Å². The fraction of sp³-hybridized carbons (Fsp3) is 0.241. The number of carbonyl (C=O) groups is 2. The molecule has 1 aliphatic heterocycles. The van der Waals surface area contributed by atoms with Crippen LogP contribution in [-0.2, 0) is 17.8 Å². The number of allylic oxidation sites excluding steroid dienone is 1. The molecule has 8 nitrogen and oxygen atoms in total. The summed E-state index contributed by atoms with van der Waals surface area (Å²) in [6.45, 7) is 0.710. The minimum Gasteiger partial charge on any atom is -0.497 e. The molecule has 0 bridgehead atoms. The molecule has 0 saturated heterocycles. The number of carbonyl (C=O) groups excluding carboxylic acids is 1. The van der Waals surface area contributed by atoms with E-state index in [9.17, 15) is 14.7 Å². The molecule has 0 fully saturated rings. The van der Waals surface area contributed by atoms with Gasteiger partial charge in [-0.05, 0) is 67.2 Å². The Labute approximate surface area is 244 Å². The van der Waals surface area contributed by atoms with E-state index >= 15 is 0 Å². The summed E-state index contributed by atoms with van der Waals surface area (Å²) in [5.41, 5.74) is 2.53. The van der Waals surface area contributed by atoms with Crippen molar-refractivity contribution in [1.82, 2.24) is 4.90 Å². The molecule has 0 saturated carbocycles. The fourth-order valence-electron chi connectivity index (χ4n) is 4.31. The third-order valence-corrected chi connectivity index (χ3v) is 5.96. The molecule has 0 unspecified atom stereocenters. The number of ketones is 1. The third-order valence-electron chi connectivity index (χ3n) is 5.96. The zero-order valence-corrected chi connectivity index (χ0v) is 24.2. The van der Waals surface area contributed by atoms with E-state index in [1.54, 1.807) is 43.5 Å². The van der Waals surface area contributed by atoms with Crippen molar-refractivity contribution in [3.8, 4) is 23.0 Å². The Morgan fingerprint density at radius 3 is 2.26 bits per heavy atom. The maximum absolute atomic E-state index is 13.9. The maximum atomic E-state index is 13.9. The Hall–Kier alpha value is -3.30. The molecular weight excluding hydrogens is 497 g/mol. The molecule has 3 aromatic rings. The summed E-state index contributed by atoms with van der Waals surface area (Å²) in [7, 11) is 6.95. The number of aliphatic carboxylic acids is 1. The Morgan fingerprint density at radius 2 is 1.63 bits per heavy atom. The standard InChI is InChI=1S/C29H29NO7.Na/c1-30(2)16-19-7-5-6-18(12-19)13-23(27(31)20-8-10-22(34-3)11-9-20)26(29(32)33)21-14-24(35-4)28-25(15-21)36-17-37-28;/h5-12,14-15H,13,16-17H2,1-4H3,(H,32,33);. The number of benzene rings is 3. The SMILES string of the molecule is COc1ccc(C(=O)C(Cc2cccc(CN(C)C)c2)=C(C(=O)O)c2cc(OC)c3c(c2)OCO3)cc1.[Na]. The zero-order valence-electron chi connectivity index (χ0n) is 22.2. The first-order valence-electron chi connectivity index (χ1n) is 11.7. The molecule has 1 N–H and O–H groups in total. The van der Waals surface area contributed by atoms with Crippen molar-refractivity contribution >= 4 is 46.9 Å². The van der Waals surface area contributed by atoms with Gasteiger partial charge < -0.3 is 29.0 Å². The summed E-state index contributed by atoms with van der Waals surface area (Å²) < 4.78 is 21.6. The van der Waals surface area contributed by atoms with E-state index in [2.05, 4.69) is 0 Å². The van der Waals surface area contributed by atoms with Gasteiger partial charge in [0.2, 0.25) is 12.5 Å². The number of methoxy groups -OCH3 is 2. The van der Waals surface area contributed by atoms with Crippen molar-refractivity contribution in [2.45, 2.75) is 13.0 Å². The van der Waals surface area contributed by atoms with Gasteiger partial charge >= 0.3 is 5.97 Å². The van der Waals surface area contributed by atoms with E-state index in [1.165, 1.54) is 7.11 Å². The van der Waals surface area contributed by atoms with E-state index in [1.807, 2.05) is 43.3 Å². The molecule has 193 valence electrons. The molecule has 0 amide bonds. The Morgan fingerprint density at radius 1 is 0.921 bits per heavy atom. The number of hydrogen-bond acceptors (Lipinski definition) is 7. The van der Waals surface area contributed by atoms with Crippen molar-refractivity contribution in [2.75, 3.05) is 35.1 Å². The first-order valence-corrected chi connectivity index (χ1v) is 11.7. The minimum absolute atomic E-state index is 0. The Kier molecular flexibility index (Phi) is 9.99. The number of ether oxygens (including phenoxy) is 4. The van der Waals surface area contributed by atoms with Crippen LogP contribution in [-0.4, -0.2) is 86.4 Å². The molecule has 1 radical (unpaired) electrons. The van der Waals surface area contributed by atoms with Gasteiger partial charge in [-0.3, -0.25) is 4.79 Å². The molecule has 38 heavy (non-hydrogen) atoms. The largest absolute Gasteiger partial charge is 0.497 e. The van der Waals surface area contributed by atoms with Gasteiger partial charge in [-0.25, -0.2) is 4.79 Å². The summed E-state index contributed by atoms with van der Waals surface area (Å²) in [5.74, 6) is 0.0510.